The monoisotopic (exact) mass is 220 g/mol. The number of hydrogen-bond acceptors (Lipinski definition) is 2. The van der Waals surface area contributed by atoms with Crippen LogP contribution in [0.2, 0.25) is 0 Å². The van der Waals surface area contributed by atoms with E-state index in [-0.39, 0.29) is 5.91 Å². The molecule has 0 radical (unpaired) electrons. The van der Waals surface area contributed by atoms with Gasteiger partial charge in [0.15, 0.2) is 0 Å². The molecule has 1 heterocycles. The van der Waals surface area contributed by atoms with Crippen LogP contribution in [-0.2, 0) is 4.79 Å². The maximum atomic E-state index is 12.7. The molecular weight excluding hydrogens is 207 g/mol. The van der Waals surface area contributed by atoms with Gasteiger partial charge in [-0.05, 0) is 18.6 Å². The minimum Gasteiger partial charge on any atom is -0.355 e. The van der Waals surface area contributed by atoms with Gasteiger partial charge in [0, 0.05) is 31.6 Å². The Morgan fingerprint density at radius 1 is 1.62 bits per heavy atom. The zero-order chi connectivity index (χ0) is 12.0. The Balaban J connectivity index is 2.53. The number of amides is 1. The Morgan fingerprint density at radius 3 is 3.00 bits per heavy atom. The highest BCUT2D eigenvalue weighted by Crippen LogP contribution is 2.05. The van der Waals surface area contributed by atoms with E-state index in [1.54, 1.807) is 6.92 Å². The molecule has 0 saturated carbocycles. The molecule has 0 bridgehead atoms. The predicted molar refractivity (Wildman–Crippen MR) is 59.1 cm³/mol. The van der Waals surface area contributed by atoms with Crippen LogP contribution in [0.15, 0.2) is 12.3 Å². The fraction of sp³-hybridized carbons (Fsp3) is 0.333. The third-order valence-corrected chi connectivity index (χ3v) is 1.92. The summed E-state index contributed by atoms with van der Waals surface area (Å²) in [6, 6.07) is 1.35. The molecule has 0 aliphatic rings. The van der Waals surface area contributed by atoms with E-state index in [0.717, 1.165) is 5.56 Å². The van der Waals surface area contributed by atoms with Gasteiger partial charge in [0.1, 0.15) is 0 Å². The number of carbonyl (C=O) groups excluding carboxylic acids is 1. The first-order valence-corrected chi connectivity index (χ1v) is 4.95. The highest BCUT2D eigenvalue weighted by Gasteiger charge is 1.97. The largest absolute Gasteiger partial charge is 0.355 e. The SMILES string of the molecule is CC(=O)NCCC#Cc1cnc(F)cc1C. The zero-order valence-electron chi connectivity index (χ0n) is 9.30. The molecule has 0 saturated heterocycles. The second-order valence-corrected chi connectivity index (χ2v) is 3.36. The Kier molecular flexibility index (Phi) is 4.46. The first-order valence-electron chi connectivity index (χ1n) is 4.95. The molecular formula is C12H13FN2O. The number of nitrogens with zero attached hydrogens (tertiary/aromatic N) is 1. The van der Waals surface area contributed by atoms with Crippen molar-refractivity contribution >= 4 is 5.91 Å². The quantitative estimate of drug-likeness (QED) is 0.465. The molecule has 0 spiro atoms. The van der Waals surface area contributed by atoms with Crippen LogP contribution in [0.5, 0.6) is 0 Å². The highest BCUT2D eigenvalue weighted by atomic mass is 19.1. The molecule has 0 atom stereocenters. The molecule has 0 aliphatic carbocycles. The van der Waals surface area contributed by atoms with Crippen molar-refractivity contribution in [2.75, 3.05) is 6.54 Å². The third kappa shape index (κ3) is 4.09. The third-order valence-electron chi connectivity index (χ3n) is 1.92. The van der Waals surface area contributed by atoms with Gasteiger partial charge in [0.2, 0.25) is 11.9 Å². The van der Waals surface area contributed by atoms with Gasteiger partial charge in [-0.15, -0.1) is 0 Å². The van der Waals surface area contributed by atoms with Crippen LogP contribution in [0.3, 0.4) is 0 Å². The molecule has 0 unspecified atom stereocenters. The van der Waals surface area contributed by atoms with Crippen LogP contribution in [0.4, 0.5) is 4.39 Å². The van der Waals surface area contributed by atoms with Gasteiger partial charge in [0.25, 0.3) is 0 Å². The molecule has 1 N–H and O–H groups in total. The second kappa shape index (κ2) is 5.86. The maximum absolute atomic E-state index is 12.7. The molecule has 1 aromatic heterocycles. The van der Waals surface area contributed by atoms with Crippen molar-refractivity contribution in [1.29, 1.82) is 0 Å². The summed E-state index contributed by atoms with van der Waals surface area (Å²) in [7, 11) is 0. The molecule has 0 fully saturated rings. The smallest absolute Gasteiger partial charge is 0.216 e. The van der Waals surface area contributed by atoms with Crippen molar-refractivity contribution in [2.24, 2.45) is 0 Å². The topological polar surface area (TPSA) is 42.0 Å². The lowest BCUT2D eigenvalue weighted by atomic mass is 10.1. The number of halogens is 1. The molecule has 0 aliphatic heterocycles. The number of nitrogens with one attached hydrogen (secondary N) is 1. The van der Waals surface area contributed by atoms with Crippen LogP contribution in [-0.4, -0.2) is 17.4 Å². The van der Waals surface area contributed by atoms with E-state index < -0.39 is 5.95 Å². The van der Waals surface area contributed by atoms with Crippen molar-refractivity contribution in [3.05, 3.63) is 29.3 Å². The summed E-state index contributed by atoms with van der Waals surface area (Å²) in [6.45, 7) is 3.76. The lowest BCUT2D eigenvalue weighted by molar-refractivity contribution is -0.118. The van der Waals surface area contributed by atoms with Gasteiger partial charge < -0.3 is 5.32 Å². The van der Waals surface area contributed by atoms with Crippen LogP contribution >= 0.6 is 0 Å². The maximum Gasteiger partial charge on any atom is 0.216 e. The summed E-state index contributed by atoms with van der Waals surface area (Å²) in [4.78, 5) is 14.1. The summed E-state index contributed by atoms with van der Waals surface area (Å²) in [5.74, 6) is 5.21. The first kappa shape index (κ1) is 12.2. The molecule has 4 heteroatoms. The molecule has 0 aromatic carbocycles. The Labute approximate surface area is 94.1 Å². The van der Waals surface area contributed by atoms with Crippen LogP contribution in [0, 0.1) is 24.7 Å². The van der Waals surface area contributed by atoms with Crippen LogP contribution in [0.25, 0.3) is 0 Å². The van der Waals surface area contributed by atoms with E-state index in [1.165, 1.54) is 19.2 Å². The number of rotatable bonds is 2. The molecule has 16 heavy (non-hydrogen) atoms. The van der Waals surface area contributed by atoms with E-state index in [1.807, 2.05) is 0 Å². The normalized spacial score (nSPS) is 9.19. The summed E-state index contributed by atoms with van der Waals surface area (Å²) >= 11 is 0. The van der Waals surface area contributed by atoms with Gasteiger partial charge >= 0.3 is 0 Å². The summed E-state index contributed by atoms with van der Waals surface area (Å²) in [5, 5.41) is 2.64. The Hall–Kier alpha value is -1.89. The fourth-order valence-corrected chi connectivity index (χ4v) is 1.11. The minimum absolute atomic E-state index is 0.0681. The first-order chi connectivity index (χ1) is 7.59. The Morgan fingerprint density at radius 2 is 2.38 bits per heavy atom. The zero-order valence-corrected chi connectivity index (χ0v) is 9.30. The summed E-state index contributed by atoms with van der Waals surface area (Å²) < 4.78 is 12.7. The predicted octanol–water partition coefficient (Wildman–Crippen LogP) is 1.41. The van der Waals surface area contributed by atoms with Crippen molar-refractivity contribution < 1.29 is 9.18 Å². The van der Waals surface area contributed by atoms with Crippen molar-refractivity contribution in [3.63, 3.8) is 0 Å². The van der Waals surface area contributed by atoms with E-state index >= 15 is 0 Å². The summed E-state index contributed by atoms with van der Waals surface area (Å²) in [5.41, 5.74) is 1.48. The standard InChI is InChI=1S/C12H13FN2O/c1-9-7-12(13)15-8-11(9)5-3-4-6-14-10(2)16/h7-8H,4,6H2,1-2H3,(H,14,16). The lowest BCUT2D eigenvalue weighted by Gasteiger charge is -1.97. The van der Waals surface area contributed by atoms with Crippen molar-refractivity contribution in [3.8, 4) is 11.8 Å². The number of carbonyl (C=O) groups is 1. The average molecular weight is 220 g/mol. The summed E-state index contributed by atoms with van der Waals surface area (Å²) in [6.07, 6.45) is 1.98. The van der Waals surface area contributed by atoms with Gasteiger partial charge in [-0.2, -0.15) is 4.39 Å². The van der Waals surface area contributed by atoms with E-state index in [9.17, 15) is 9.18 Å². The van der Waals surface area contributed by atoms with Gasteiger partial charge in [0.05, 0.1) is 0 Å². The molecule has 3 nitrogen and oxygen atoms in total. The number of hydrogen-bond donors (Lipinski definition) is 1. The average Bonchev–Trinajstić information content (AvgIpc) is 2.20. The fourth-order valence-electron chi connectivity index (χ4n) is 1.11. The highest BCUT2D eigenvalue weighted by molar-refractivity contribution is 5.72. The molecule has 1 aromatic rings. The minimum atomic E-state index is -0.499. The van der Waals surface area contributed by atoms with Crippen LogP contribution < -0.4 is 5.32 Å². The lowest BCUT2D eigenvalue weighted by Crippen LogP contribution is -2.20. The number of aryl methyl sites for hydroxylation is 1. The molecule has 1 amide bonds. The van der Waals surface area contributed by atoms with Gasteiger partial charge in [-0.3, -0.25) is 4.79 Å². The second-order valence-electron chi connectivity index (χ2n) is 3.36. The number of aromatic nitrogens is 1. The number of pyridine rings is 1. The van der Waals surface area contributed by atoms with Gasteiger partial charge in [-0.1, -0.05) is 11.8 Å². The van der Waals surface area contributed by atoms with Crippen molar-refractivity contribution in [2.45, 2.75) is 20.3 Å². The van der Waals surface area contributed by atoms with E-state index in [2.05, 4.69) is 22.1 Å². The van der Waals surface area contributed by atoms with Crippen LogP contribution in [0.1, 0.15) is 24.5 Å². The molecule has 1 rings (SSSR count). The van der Waals surface area contributed by atoms with Crippen molar-refractivity contribution in [1.82, 2.24) is 10.3 Å². The van der Waals surface area contributed by atoms with E-state index in [4.69, 9.17) is 0 Å². The van der Waals surface area contributed by atoms with E-state index in [0.29, 0.717) is 18.5 Å². The molecule has 84 valence electrons. The Bertz CT molecular complexity index is 446. The van der Waals surface area contributed by atoms with Gasteiger partial charge in [-0.25, -0.2) is 4.98 Å².